The standard InChI is InChI=1S/C30H39FN4O2/c1-3-35(24-14-12-23(13-15-24)34-18-22(31)19-34)28-11-7-10-26-25(28)9-6-4-5-8-21-16-20(2)33-30(37)27(21)17-32-29(26)36/h4,6-7,10-11,16,22-24H,3,5,8-9,12-15,17-19H2,1-2H3,(H,32,36)(H,33,37)/t23-,24-. The molecule has 1 aromatic heterocycles. The van der Waals surface area contributed by atoms with Gasteiger partial charge >= 0.3 is 0 Å². The smallest absolute Gasteiger partial charge is 0.253 e. The molecule has 1 saturated carbocycles. The maximum Gasteiger partial charge on any atom is 0.253 e. The average Bonchev–Trinajstić information content (AvgIpc) is 2.86. The molecule has 1 aromatic carbocycles. The first-order valence-electron chi connectivity index (χ1n) is 13.9. The van der Waals surface area contributed by atoms with Gasteiger partial charge in [-0.05, 0) is 88.1 Å². The summed E-state index contributed by atoms with van der Waals surface area (Å²) in [7, 11) is 0. The Morgan fingerprint density at radius 1 is 1.08 bits per heavy atom. The molecule has 0 spiro atoms. The minimum Gasteiger partial charge on any atom is -0.369 e. The van der Waals surface area contributed by atoms with E-state index in [1.54, 1.807) is 0 Å². The number of benzene rings is 1. The Hall–Kier alpha value is -2.93. The number of pyridine rings is 1. The summed E-state index contributed by atoms with van der Waals surface area (Å²) in [6, 6.07) is 8.95. The molecule has 3 heterocycles. The summed E-state index contributed by atoms with van der Waals surface area (Å²) >= 11 is 0. The zero-order valence-corrected chi connectivity index (χ0v) is 22.1. The van der Waals surface area contributed by atoms with Gasteiger partial charge in [0, 0.05) is 60.8 Å². The second-order valence-electron chi connectivity index (χ2n) is 10.8. The number of hydrogen-bond acceptors (Lipinski definition) is 4. The van der Waals surface area contributed by atoms with Crippen LogP contribution in [0.5, 0.6) is 0 Å². The van der Waals surface area contributed by atoms with Gasteiger partial charge < -0.3 is 15.2 Å². The number of H-pyrrole nitrogens is 1. The van der Waals surface area contributed by atoms with Crippen molar-refractivity contribution in [3.63, 3.8) is 0 Å². The molecule has 5 rings (SSSR count). The molecule has 0 unspecified atom stereocenters. The van der Waals surface area contributed by atoms with Gasteiger partial charge in [0.1, 0.15) is 6.17 Å². The number of aryl methyl sites for hydroxylation is 2. The number of alkyl halides is 1. The number of fused-ring (bicyclic) bond motifs is 2. The van der Waals surface area contributed by atoms with Crippen molar-refractivity contribution < 1.29 is 9.18 Å². The predicted octanol–water partition coefficient (Wildman–Crippen LogP) is 4.45. The van der Waals surface area contributed by atoms with Gasteiger partial charge in [0.05, 0.1) is 0 Å². The molecule has 0 bridgehead atoms. The number of nitrogens with one attached hydrogen (secondary N) is 2. The van der Waals surface area contributed by atoms with E-state index in [1.807, 2.05) is 25.1 Å². The highest BCUT2D eigenvalue weighted by molar-refractivity contribution is 5.97. The molecule has 198 valence electrons. The molecule has 2 N–H and O–H groups in total. The molecular weight excluding hydrogens is 467 g/mol. The summed E-state index contributed by atoms with van der Waals surface area (Å²) in [6.45, 7) is 6.35. The molecule has 6 nitrogen and oxygen atoms in total. The number of allylic oxidation sites excluding steroid dienone is 2. The Morgan fingerprint density at radius 2 is 1.86 bits per heavy atom. The number of amides is 1. The number of aromatic amines is 1. The van der Waals surface area contributed by atoms with Crippen LogP contribution in [0.1, 0.15) is 71.8 Å². The van der Waals surface area contributed by atoms with Crippen LogP contribution in [0.25, 0.3) is 0 Å². The third-order valence-corrected chi connectivity index (χ3v) is 8.39. The number of carbonyl (C=O) groups is 1. The van der Waals surface area contributed by atoms with Gasteiger partial charge in [0.25, 0.3) is 11.5 Å². The average molecular weight is 507 g/mol. The fourth-order valence-electron chi connectivity index (χ4n) is 6.41. The predicted molar refractivity (Wildman–Crippen MR) is 146 cm³/mol. The SMILES string of the molecule is CCN(c1cccc2c1CC=CCCc1cc(C)[nH]c(=O)c1CNC2=O)[C@H]1CC[C@H](N2CC(F)C2)CC1. The number of rotatable bonds is 4. The van der Waals surface area contributed by atoms with Crippen LogP contribution >= 0.6 is 0 Å². The van der Waals surface area contributed by atoms with E-state index in [0.717, 1.165) is 67.6 Å². The van der Waals surface area contributed by atoms with Crippen molar-refractivity contribution in [2.24, 2.45) is 0 Å². The van der Waals surface area contributed by atoms with Crippen LogP contribution in [0.3, 0.4) is 0 Å². The van der Waals surface area contributed by atoms with Crippen LogP contribution in [-0.2, 0) is 19.4 Å². The molecule has 1 amide bonds. The number of nitrogens with zero attached hydrogens (tertiary/aromatic N) is 2. The first-order valence-corrected chi connectivity index (χ1v) is 13.9. The number of hydrogen-bond donors (Lipinski definition) is 2. The van der Waals surface area contributed by atoms with Crippen LogP contribution in [-0.4, -0.2) is 53.7 Å². The van der Waals surface area contributed by atoms with E-state index >= 15 is 0 Å². The minimum atomic E-state index is -0.648. The molecule has 0 atom stereocenters. The first-order chi connectivity index (χ1) is 17.9. The fourth-order valence-corrected chi connectivity index (χ4v) is 6.41. The fraction of sp³-hybridized carbons (Fsp3) is 0.533. The Morgan fingerprint density at radius 3 is 2.59 bits per heavy atom. The Balaban J connectivity index is 1.39. The van der Waals surface area contributed by atoms with E-state index in [2.05, 4.69) is 45.2 Å². The van der Waals surface area contributed by atoms with Crippen molar-refractivity contribution >= 4 is 11.6 Å². The second kappa shape index (κ2) is 11.2. The van der Waals surface area contributed by atoms with Crippen molar-refractivity contribution in [3.8, 4) is 0 Å². The van der Waals surface area contributed by atoms with Gasteiger partial charge in [0.2, 0.25) is 0 Å². The maximum atomic E-state index is 13.4. The van der Waals surface area contributed by atoms with Gasteiger partial charge in [0.15, 0.2) is 0 Å². The molecule has 2 aliphatic heterocycles. The molecule has 1 aliphatic carbocycles. The highest BCUT2D eigenvalue weighted by atomic mass is 19.1. The third-order valence-electron chi connectivity index (χ3n) is 8.39. The summed E-state index contributed by atoms with van der Waals surface area (Å²) in [5.74, 6) is -0.143. The lowest BCUT2D eigenvalue weighted by Gasteiger charge is -2.46. The van der Waals surface area contributed by atoms with E-state index in [9.17, 15) is 14.0 Å². The Labute approximate surface area is 218 Å². The van der Waals surface area contributed by atoms with Crippen LogP contribution < -0.4 is 15.8 Å². The van der Waals surface area contributed by atoms with Crippen molar-refractivity contribution in [1.82, 2.24) is 15.2 Å². The summed E-state index contributed by atoms with van der Waals surface area (Å²) in [5.41, 5.74) is 5.19. The summed E-state index contributed by atoms with van der Waals surface area (Å²) in [6.07, 6.45) is 10.3. The van der Waals surface area contributed by atoms with Gasteiger partial charge in [-0.2, -0.15) is 0 Å². The van der Waals surface area contributed by atoms with Gasteiger partial charge in [-0.15, -0.1) is 0 Å². The lowest BCUT2D eigenvalue weighted by Crippen LogP contribution is -2.55. The second-order valence-corrected chi connectivity index (χ2v) is 10.8. The maximum absolute atomic E-state index is 13.4. The van der Waals surface area contributed by atoms with E-state index in [0.29, 0.717) is 42.7 Å². The topological polar surface area (TPSA) is 68.4 Å². The third kappa shape index (κ3) is 5.52. The zero-order valence-electron chi connectivity index (χ0n) is 22.1. The summed E-state index contributed by atoms with van der Waals surface area (Å²) in [5, 5.41) is 3.03. The van der Waals surface area contributed by atoms with Gasteiger partial charge in [-0.3, -0.25) is 14.5 Å². The largest absolute Gasteiger partial charge is 0.369 e. The molecular formula is C30H39FN4O2. The number of halogens is 1. The molecule has 3 aliphatic rings. The number of likely N-dealkylation sites (tertiary alicyclic amines) is 1. The first kappa shape index (κ1) is 25.7. The number of aromatic nitrogens is 1. The minimum absolute atomic E-state index is 0.127. The van der Waals surface area contributed by atoms with Gasteiger partial charge in [-0.1, -0.05) is 18.2 Å². The molecule has 0 radical (unpaired) electrons. The van der Waals surface area contributed by atoms with Crippen LogP contribution in [0.2, 0.25) is 0 Å². The van der Waals surface area contributed by atoms with E-state index < -0.39 is 6.17 Å². The lowest BCUT2D eigenvalue weighted by atomic mass is 9.87. The van der Waals surface area contributed by atoms with E-state index in [1.165, 1.54) is 0 Å². The van der Waals surface area contributed by atoms with E-state index in [-0.39, 0.29) is 18.0 Å². The highest BCUT2D eigenvalue weighted by Gasteiger charge is 2.36. The summed E-state index contributed by atoms with van der Waals surface area (Å²) in [4.78, 5) is 33.7. The lowest BCUT2D eigenvalue weighted by molar-refractivity contribution is 0.0120. The molecule has 2 aromatic rings. The normalized spacial score (nSPS) is 23.2. The number of anilines is 1. The molecule has 1 saturated heterocycles. The summed E-state index contributed by atoms with van der Waals surface area (Å²) < 4.78 is 13.4. The van der Waals surface area contributed by atoms with Crippen molar-refractivity contribution in [2.75, 3.05) is 24.5 Å². The quantitative estimate of drug-likeness (QED) is 0.602. The zero-order chi connectivity index (χ0) is 25.9. The van der Waals surface area contributed by atoms with Crippen molar-refractivity contribution in [1.29, 1.82) is 0 Å². The molecule has 2 fully saturated rings. The molecule has 7 heteroatoms. The van der Waals surface area contributed by atoms with E-state index in [4.69, 9.17) is 0 Å². The van der Waals surface area contributed by atoms with Crippen LogP contribution in [0.15, 0.2) is 41.2 Å². The Kier molecular flexibility index (Phi) is 7.79. The van der Waals surface area contributed by atoms with Crippen LogP contribution in [0, 0.1) is 6.92 Å². The Bertz CT molecular complexity index is 1210. The molecule has 37 heavy (non-hydrogen) atoms. The van der Waals surface area contributed by atoms with Crippen LogP contribution in [0.4, 0.5) is 10.1 Å². The van der Waals surface area contributed by atoms with Crippen molar-refractivity contribution in [3.05, 3.63) is 74.7 Å². The number of carbonyl (C=O) groups excluding carboxylic acids is 1. The monoisotopic (exact) mass is 506 g/mol. The van der Waals surface area contributed by atoms with Crippen molar-refractivity contribution in [2.45, 2.75) is 83.6 Å². The van der Waals surface area contributed by atoms with Gasteiger partial charge in [-0.25, -0.2) is 4.39 Å². The highest BCUT2D eigenvalue weighted by Crippen LogP contribution is 2.34.